The van der Waals surface area contributed by atoms with Crippen LogP contribution < -0.4 is 10.2 Å². The van der Waals surface area contributed by atoms with Crippen molar-refractivity contribution >= 4 is 45.7 Å². The van der Waals surface area contributed by atoms with Crippen LogP contribution in [0.2, 0.25) is 0 Å². The first-order chi connectivity index (χ1) is 21.3. The second kappa shape index (κ2) is 14.9. The maximum absolute atomic E-state index is 15.0. The zero-order chi connectivity index (χ0) is 34.4. The summed E-state index contributed by atoms with van der Waals surface area (Å²) in [5.41, 5.74) is 0.414. The zero-order valence-electron chi connectivity index (χ0n) is 26.7. The highest BCUT2D eigenvalue weighted by Gasteiger charge is 2.37. The van der Waals surface area contributed by atoms with E-state index in [9.17, 15) is 32.4 Å². The lowest BCUT2D eigenvalue weighted by molar-refractivity contribution is -0.154. The molecule has 0 saturated carbocycles. The highest BCUT2D eigenvalue weighted by atomic mass is 32.2. The molecule has 3 rings (SSSR count). The van der Waals surface area contributed by atoms with Crippen LogP contribution >= 0.6 is 0 Å². The van der Waals surface area contributed by atoms with Crippen molar-refractivity contribution in [1.29, 1.82) is 0 Å². The number of anilines is 1. The van der Waals surface area contributed by atoms with Crippen molar-refractivity contribution < 1.29 is 55.7 Å². The van der Waals surface area contributed by atoms with E-state index in [2.05, 4.69) is 5.32 Å². The van der Waals surface area contributed by atoms with Crippen molar-refractivity contribution in [1.82, 2.24) is 10.2 Å². The van der Waals surface area contributed by atoms with E-state index in [0.29, 0.717) is 28.9 Å². The summed E-state index contributed by atoms with van der Waals surface area (Å²) >= 11 is 0. The Bertz CT molecular complexity index is 1470. The Morgan fingerprint density at radius 2 is 1.78 bits per heavy atom. The molecule has 1 unspecified atom stereocenters. The fraction of sp³-hybridized carbons (Fsp3) is 0.567. The lowest BCUT2D eigenvalue weighted by atomic mass is 9.93. The van der Waals surface area contributed by atoms with Gasteiger partial charge in [-0.15, -0.1) is 0 Å². The largest absolute Gasteiger partial charge is 0.444 e. The highest BCUT2D eigenvalue weighted by Crippen LogP contribution is 2.33. The summed E-state index contributed by atoms with van der Waals surface area (Å²) < 4.78 is 58.9. The third-order valence-electron chi connectivity index (χ3n) is 6.96. The van der Waals surface area contributed by atoms with Gasteiger partial charge in [0.2, 0.25) is 12.7 Å². The molecule has 4 amide bonds. The Hall–Kier alpha value is -4.21. The van der Waals surface area contributed by atoms with Gasteiger partial charge in [0.1, 0.15) is 33.4 Å². The molecule has 0 spiro atoms. The standard InChI is InChI=1S/C30H40FN3O11S/c1-18(2)13-25(32-27(37)45-30(4,5)6)26(36)42-17-43-28(38)33(19(3)35)15-22-16-34(29(39)44-22)21-7-8-23(24(31)14-21)20-9-11-46(40,41)12-10-20/h7-8,13-14,20,22,25H,9-12,15-17H2,1-6H3,(H,32,37)/t22-,25?/m0/s1. The molecule has 1 aromatic carbocycles. The smallest absolute Gasteiger partial charge is 0.419 e. The van der Waals surface area contributed by atoms with Crippen LogP contribution in [0.25, 0.3) is 0 Å². The van der Waals surface area contributed by atoms with Crippen LogP contribution in [0.1, 0.15) is 65.9 Å². The van der Waals surface area contributed by atoms with Crippen LogP contribution in [0.3, 0.4) is 0 Å². The van der Waals surface area contributed by atoms with Gasteiger partial charge in [0.15, 0.2) is 0 Å². The number of allylic oxidation sites excluding steroid dienone is 1. The van der Waals surface area contributed by atoms with Crippen LogP contribution in [0, 0.1) is 5.82 Å². The van der Waals surface area contributed by atoms with Gasteiger partial charge in [-0.25, -0.2) is 36.9 Å². The highest BCUT2D eigenvalue weighted by molar-refractivity contribution is 7.91. The number of rotatable bonds is 9. The maximum Gasteiger partial charge on any atom is 0.419 e. The van der Waals surface area contributed by atoms with Crippen LogP contribution in [0.4, 0.5) is 24.5 Å². The Morgan fingerprint density at radius 3 is 2.35 bits per heavy atom. The molecule has 1 aromatic rings. The quantitative estimate of drug-likeness (QED) is 0.175. The number of esters is 1. The average molecular weight is 670 g/mol. The zero-order valence-corrected chi connectivity index (χ0v) is 27.5. The van der Waals surface area contributed by atoms with Crippen LogP contribution in [-0.4, -0.2) is 92.6 Å². The van der Waals surface area contributed by atoms with Gasteiger partial charge < -0.3 is 24.3 Å². The Morgan fingerprint density at radius 1 is 1.13 bits per heavy atom. The Balaban J connectivity index is 1.57. The number of benzene rings is 1. The molecule has 0 aromatic heterocycles. The van der Waals surface area contributed by atoms with Gasteiger partial charge in [0, 0.05) is 6.92 Å². The summed E-state index contributed by atoms with van der Waals surface area (Å²) in [6.07, 6.45) is -1.83. The molecule has 254 valence electrons. The molecule has 2 heterocycles. The summed E-state index contributed by atoms with van der Waals surface area (Å²) in [6.45, 7) is 8.02. The number of carbonyl (C=O) groups excluding carboxylic acids is 5. The minimum atomic E-state index is -3.11. The number of hydrogen-bond acceptors (Lipinski definition) is 11. The monoisotopic (exact) mass is 669 g/mol. The summed E-state index contributed by atoms with van der Waals surface area (Å²) in [6, 6.07) is 2.95. The fourth-order valence-electron chi connectivity index (χ4n) is 4.82. The number of nitrogens with zero attached hydrogens (tertiary/aromatic N) is 2. The van der Waals surface area contributed by atoms with E-state index >= 15 is 4.39 Å². The first-order valence-corrected chi connectivity index (χ1v) is 16.4. The molecule has 1 N–H and O–H groups in total. The molecule has 2 saturated heterocycles. The third-order valence-corrected chi connectivity index (χ3v) is 8.68. The van der Waals surface area contributed by atoms with Crippen molar-refractivity contribution in [2.45, 2.75) is 78.0 Å². The number of hydrogen-bond donors (Lipinski definition) is 1. The van der Waals surface area contributed by atoms with Crippen molar-refractivity contribution in [3.8, 4) is 0 Å². The topological polar surface area (TPSA) is 175 Å². The van der Waals surface area contributed by atoms with Crippen LogP contribution in [0.5, 0.6) is 0 Å². The van der Waals surface area contributed by atoms with Crippen LogP contribution in [0.15, 0.2) is 29.8 Å². The van der Waals surface area contributed by atoms with Gasteiger partial charge in [0.25, 0.3) is 0 Å². The Labute approximate surface area is 267 Å². The molecule has 14 nitrogen and oxygen atoms in total. The Kier molecular flexibility index (Phi) is 11.8. The number of amides is 4. The molecule has 0 aliphatic carbocycles. The van der Waals surface area contributed by atoms with Gasteiger partial charge in [-0.2, -0.15) is 0 Å². The van der Waals surface area contributed by atoms with Crippen molar-refractivity contribution in [3.63, 3.8) is 0 Å². The molecule has 46 heavy (non-hydrogen) atoms. The van der Waals surface area contributed by atoms with Crippen molar-refractivity contribution in [2.24, 2.45) is 0 Å². The van der Waals surface area contributed by atoms with E-state index in [-0.39, 0.29) is 29.7 Å². The molecular formula is C30H40FN3O11S. The number of nitrogens with one attached hydrogen (secondary N) is 1. The predicted molar refractivity (Wildman–Crippen MR) is 162 cm³/mol. The van der Waals surface area contributed by atoms with Crippen molar-refractivity contribution in [3.05, 3.63) is 41.2 Å². The summed E-state index contributed by atoms with van der Waals surface area (Å²) in [7, 11) is -3.11. The number of halogens is 1. The van der Waals surface area contributed by atoms with E-state index in [1.807, 2.05) is 0 Å². The number of ether oxygens (including phenoxy) is 4. The molecule has 2 fully saturated rings. The van der Waals surface area contributed by atoms with E-state index < -0.39 is 76.9 Å². The second-order valence-corrected chi connectivity index (χ2v) is 14.5. The van der Waals surface area contributed by atoms with Gasteiger partial charge >= 0.3 is 24.2 Å². The van der Waals surface area contributed by atoms with E-state index in [0.717, 1.165) is 17.9 Å². The number of imide groups is 1. The average Bonchev–Trinajstić information content (AvgIpc) is 3.30. The third kappa shape index (κ3) is 10.4. The maximum atomic E-state index is 15.0. The predicted octanol–water partition coefficient (Wildman–Crippen LogP) is 3.79. The minimum absolute atomic E-state index is 0.0156. The SMILES string of the molecule is CC(=O)N(C[C@H]1CN(c2ccc(C3CCS(=O)(=O)CC3)c(F)c2)C(=O)O1)C(=O)OCOC(=O)C(C=C(C)C)NC(=O)OC(C)(C)C. The summed E-state index contributed by atoms with van der Waals surface area (Å²) in [5, 5.41) is 2.36. The fourth-order valence-corrected chi connectivity index (χ4v) is 6.31. The van der Waals surface area contributed by atoms with E-state index in [4.69, 9.17) is 18.9 Å². The van der Waals surface area contributed by atoms with Gasteiger partial charge in [-0.05, 0) is 71.1 Å². The lowest BCUT2D eigenvalue weighted by Crippen LogP contribution is -2.44. The van der Waals surface area contributed by atoms with E-state index in [1.165, 1.54) is 18.2 Å². The van der Waals surface area contributed by atoms with Gasteiger partial charge in [-0.1, -0.05) is 17.7 Å². The molecule has 2 aliphatic rings. The first kappa shape index (κ1) is 36.3. The number of carbonyl (C=O) groups is 5. The normalized spacial score (nSPS) is 18.5. The molecule has 0 radical (unpaired) electrons. The van der Waals surface area contributed by atoms with Crippen LogP contribution in [-0.2, 0) is 38.4 Å². The summed E-state index contributed by atoms with van der Waals surface area (Å²) in [4.78, 5) is 64.1. The molecule has 16 heteroatoms. The molecular weight excluding hydrogens is 629 g/mol. The minimum Gasteiger partial charge on any atom is -0.444 e. The number of alkyl carbamates (subject to hydrolysis) is 1. The second-order valence-electron chi connectivity index (χ2n) is 12.2. The molecule has 2 atom stereocenters. The van der Waals surface area contributed by atoms with E-state index in [1.54, 1.807) is 34.6 Å². The van der Waals surface area contributed by atoms with Gasteiger partial charge in [0.05, 0.1) is 30.3 Å². The first-order valence-electron chi connectivity index (χ1n) is 14.6. The van der Waals surface area contributed by atoms with Crippen molar-refractivity contribution in [2.75, 3.05) is 36.3 Å². The van der Waals surface area contributed by atoms with Gasteiger partial charge in [-0.3, -0.25) is 9.69 Å². The lowest BCUT2D eigenvalue weighted by Gasteiger charge is -2.23. The number of cyclic esters (lactones) is 1. The number of sulfone groups is 1. The molecule has 2 aliphatic heterocycles. The molecule has 0 bridgehead atoms. The summed E-state index contributed by atoms with van der Waals surface area (Å²) in [5.74, 6) is -2.58.